The van der Waals surface area contributed by atoms with Crippen LogP contribution in [-0.2, 0) is 28.7 Å². The molecule has 218 valence electrons. The van der Waals surface area contributed by atoms with Gasteiger partial charge in [0.15, 0.2) is 18.2 Å². The van der Waals surface area contributed by atoms with Crippen molar-refractivity contribution in [3.8, 4) is 23.0 Å². The molecule has 41 heavy (non-hydrogen) atoms. The Morgan fingerprint density at radius 2 is 1.85 bits per heavy atom. The Kier molecular flexibility index (Phi) is 7.27. The van der Waals surface area contributed by atoms with E-state index in [1.54, 1.807) is 0 Å². The molecule has 1 aromatic carbocycles. The molecule has 18 heteroatoms. The number of benzene rings is 1. The summed E-state index contributed by atoms with van der Waals surface area (Å²) in [6.45, 7) is -0.496. The highest BCUT2D eigenvalue weighted by atomic mass is 35.5. The second-order valence-corrected chi connectivity index (χ2v) is 9.28. The second-order valence-electron chi connectivity index (χ2n) is 8.88. The first kappa shape index (κ1) is 29.8. The molecule has 1 fully saturated rings. The zero-order chi connectivity index (χ0) is 30.5. The highest BCUT2D eigenvalue weighted by molar-refractivity contribution is 6.34. The highest BCUT2D eigenvalue weighted by Crippen LogP contribution is 2.49. The van der Waals surface area contributed by atoms with Gasteiger partial charge in [-0.25, -0.2) is 9.36 Å². The summed E-state index contributed by atoms with van der Waals surface area (Å²) in [5.41, 5.74) is -6.19. The van der Waals surface area contributed by atoms with E-state index in [9.17, 15) is 50.0 Å². The van der Waals surface area contributed by atoms with Gasteiger partial charge in [-0.2, -0.15) is 50.6 Å². The van der Waals surface area contributed by atoms with E-state index in [1.165, 1.54) is 18.2 Å². The molecule has 1 amide bonds. The predicted octanol–water partition coefficient (Wildman–Crippen LogP) is 5.23. The van der Waals surface area contributed by atoms with Crippen LogP contribution in [0.1, 0.15) is 34.5 Å². The van der Waals surface area contributed by atoms with Gasteiger partial charge in [-0.05, 0) is 30.5 Å². The van der Waals surface area contributed by atoms with Crippen LogP contribution in [0.4, 0.5) is 35.1 Å². The average molecular weight is 611 g/mol. The minimum atomic E-state index is -6.37. The Bertz CT molecular complexity index is 1550. The van der Waals surface area contributed by atoms with Gasteiger partial charge < -0.3 is 4.74 Å². The number of hydrogen-bond acceptors (Lipinski definition) is 6. The molecule has 0 atom stereocenters. The number of hydrogen-bond donors (Lipinski definition) is 0. The first-order valence-electron chi connectivity index (χ1n) is 11.2. The number of amides is 1. The van der Waals surface area contributed by atoms with Gasteiger partial charge in [0.25, 0.3) is 12.4 Å². The second kappa shape index (κ2) is 10.0. The number of alkyl halides is 8. The van der Waals surface area contributed by atoms with E-state index in [2.05, 4.69) is 14.9 Å². The lowest BCUT2D eigenvalue weighted by atomic mass is 10.0. The summed E-state index contributed by atoms with van der Waals surface area (Å²) in [5.74, 6) is -7.97. The number of nitriles is 1. The zero-order valence-electron chi connectivity index (χ0n) is 20.4. The lowest BCUT2D eigenvalue weighted by Gasteiger charge is -2.26. The molecule has 3 aromatic rings. The third kappa shape index (κ3) is 5.19. The topological polar surface area (TPSA) is 106 Å². The quantitative estimate of drug-likeness (QED) is 0.197. The van der Waals surface area contributed by atoms with Gasteiger partial charge in [0.2, 0.25) is 0 Å². The molecule has 0 saturated heterocycles. The van der Waals surface area contributed by atoms with Gasteiger partial charge in [-0.15, -0.1) is 0 Å². The Labute approximate surface area is 229 Å². The van der Waals surface area contributed by atoms with Gasteiger partial charge in [-0.1, -0.05) is 17.7 Å². The maximum atomic E-state index is 14.0. The fraction of sp³-hybridized carbons (Fsp3) is 0.348. The van der Waals surface area contributed by atoms with Crippen LogP contribution >= 0.6 is 11.6 Å². The van der Waals surface area contributed by atoms with E-state index < -0.39 is 53.5 Å². The lowest BCUT2D eigenvalue weighted by Crippen LogP contribution is -2.43. The lowest BCUT2D eigenvalue weighted by molar-refractivity contribution is -0.292. The summed E-state index contributed by atoms with van der Waals surface area (Å²) in [6, 6.07) is 5.76. The van der Waals surface area contributed by atoms with E-state index in [0.717, 1.165) is 24.3 Å². The number of rotatable bonds is 8. The average Bonchev–Trinajstić information content (AvgIpc) is 3.35. The Morgan fingerprint density at radius 1 is 1.20 bits per heavy atom. The Morgan fingerprint density at radius 3 is 2.39 bits per heavy atom. The zero-order valence-corrected chi connectivity index (χ0v) is 21.2. The molecule has 0 unspecified atom stereocenters. The van der Waals surface area contributed by atoms with Crippen LogP contribution in [0.25, 0.3) is 16.9 Å². The number of carbonyl (C=O) groups excluding carboxylic acids is 2. The van der Waals surface area contributed by atoms with Crippen LogP contribution in [0.5, 0.6) is 0 Å². The number of nitrogens with zero attached hydrogens (tertiary/aromatic N) is 6. The number of carbonyl (C=O) groups is 2. The van der Waals surface area contributed by atoms with Crippen molar-refractivity contribution in [1.82, 2.24) is 24.5 Å². The molecule has 0 aliphatic heterocycles. The summed E-state index contributed by atoms with van der Waals surface area (Å²) in [7, 11) is 0.736. The first-order valence-corrected chi connectivity index (χ1v) is 11.6. The van der Waals surface area contributed by atoms with E-state index in [-0.39, 0.29) is 32.9 Å². The van der Waals surface area contributed by atoms with Crippen molar-refractivity contribution in [2.75, 3.05) is 6.73 Å². The van der Waals surface area contributed by atoms with Crippen LogP contribution in [0.2, 0.25) is 5.02 Å². The van der Waals surface area contributed by atoms with Crippen LogP contribution in [0.15, 0.2) is 30.6 Å². The molecular weight excluding hydrogens is 596 g/mol. The van der Waals surface area contributed by atoms with Crippen LogP contribution in [-0.4, -0.2) is 55.3 Å². The van der Waals surface area contributed by atoms with Gasteiger partial charge >= 0.3 is 18.3 Å². The van der Waals surface area contributed by atoms with Crippen molar-refractivity contribution in [3.05, 3.63) is 52.4 Å². The molecule has 1 saturated carbocycles. The van der Waals surface area contributed by atoms with Gasteiger partial charge in [0.1, 0.15) is 11.1 Å². The fourth-order valence-corrected chi connectivity index (χ4v) is 4.24. The molecule has 2 heterocycles. The largest absolute Gasteiger partial charge is 0.459 e. The molecule has 9 nitrogen and oxygen atoms in total. The van der Waals surface area contributed by atoms with Crippen LogP contribution in [0.3, 0.4) is 0 Å². The number of aromatic nitrogens is 4. The van der Waals surface area contributed by atoms with Crippen molar-refractivity contribution >= 4 is 24.0 Å². The highest BCUT2D eigenvalue weighted by Gasteiger charge is 2.64. The van der Waals surface area contributed by atoms with Gasteiger partial charge in [0.05, 0.1) is 22.9 Å². The third-order valence-electron chi connectivity index (χ3n) is 6.25. The van der Waals surface area contributed by atoms with E-state index in [4.69, 9.17) is 11.6 Å². The normalized spacial score (nSPS) is 14.9. The van der Waals surface area contributed by atoms with E-state index in [1.807, 2.05) is 6.07 Å². The number of ether oxygens (including phenoxy) is 1. The monoisotopic (exact) mass is 610 g/mol. The van der Waals surface area contributed by atoms with Gasteiger partial charge in [0, 0.05) is 18.8 Å². The van der Waals surface area contributed by atoms with Gasteiger partial charge in [-0.3, -0.25) is 14.5 Å². The Hall–Kier alpha value is -4.20. The summed E-state index contributed by atoms with van der Waals surface area (Å²) in [6.07, 6.45) is -9.60. The first-order chi connectivity index (χ1) is 19.0. The SMILES string of the molecule is Cn1nc(C(F)(F)C(F)(F)F)c(C(F)(F)F)c1-n1cc(-c2ccc(Cl)c(C(=O)N(COC=O)C3(C#N)CC3)c2)cn1. The minimum Gasteiger partial charge on any atom is -0.446 e. The summed E-state index contributed by atoms with van der Waals surface area (Å²) in [5, 5.41) is 15.9. The standard InChI is InChI=1S/C23H15ClF8N6O3/c1-36-18(16(22(27,28)29)17(35-36)21(25,26)23(30,31)32)38-8-13(7-34-38)12-2-3-15(24)14(6-12)19(40)37(10-41-11-39)20(9-33)4-5-20/h2-3,6-8,11H,4-5,10H2,1H3. The van der Waals surface area contributed by atoms with Crippen molar-refractivity contribution in [3.63, 3.8) is 0 Å². The molecule has 0 N–H and O–H groups in total. The van der Waals surface area contributed by atoms with Crippen molar-refractivity contribution in [1.29, 1.82) is 5.26 Å². The third-order valence-corrected chi connectivity index (χ3v) is 6.58. The van der Waals surface area contributed by atoms with Crippen molar-refractivity contribution in [2.45, 2.75) is 36.7 Å². The fourth-order valence-electron chi connectivity index (χ4n) is 4.04. The molecule has 0 radical (unpaired) electrons. The molecule has 0 bridgehead atoms. The number of aryl methyl sites for hydroxylation is 1. The molecule has 0 spiro atoms. The van der Waals surface area contributed by atoms with Crippen LogP contribution in [0, 0.1) is 11.3 Å². The predicted molar refractivity (Wildman–Crippen MR) is 121 cm³/mol. The summed E-state index contributed by atoms with van der Waals surface area (Å²) >= 11 is 6.18. The van der Waals surface area contributed by atoms with Crippen molar-refractivity contribution in [2.24, 2.45) is 7.05 Å². The van der Waals surface area contributed by atoms with E-state index >= 15 is 0 Å². The minimum absolute atomic E-state index is 0.00582. The summed E-state index contributed by atoms with van der Waals surface area (Å²) in [4.78, 5) is 25.0. The van der Waals surface area contributed by atoms with Crippen LogP contribution < -0.4 is 0 Å². The van der Waals surface area contributed by atoms with Crippen molar-refractivity contribution < 1.29 is 49.4 Å². The molecule has 1 aliphatic rings. The number of halogens is 9. The maximum absolute atomic E-state index is 14.0. The van der Waals surface area contributed by atoms with E-state index in [0.29, 0.717) is 17.5 Å². The molecule has 2 aromatic heterocycles. The summed E-state index contributed by atoms with van der Waals surface area (Å²) < 4.78 is 114. The molecular formula is C23H15ClF8N6O3. The Balaban J connectivity index is 1.78. The smallest absolute Gasteiger partial charge is 0.446 e. The molecule has 4 rings (SSSR count). The molecule has 1 aliphatic carbocycles. The maximum Gasteiger partial charge on any atom is 0.459 e.